The highest BCUT2D eigenvalue weighted by Crippen LogP contribution is 2.12. The molecule has 1 unspecified atom stereocenters. The number of likely N-dealkylation sites (tertiary alicyclic amines) is 2. The van der Waals surface area contributed by atoms with E-state index in [1.54, 1.807) is 0 Å². The number of nitrogens with two attached hydrogens (primary N) is 1. The number of carbonyl (C=O) groups excluding carboxylic acids is 2. The number of carbonyl (C=O) groups is 2. The topological polar surface area (TPSA) is 87.9 Å². The van der Waals surface area contributed by atoms with Gasteiger partial charge in [-0.3, -0.25) is 9.69 Å². The molecule has 2 aliphatic heterocycles. The van der Waals surface area contributed by atoms with Crippen LogP contribution in [-0.4, -0.2) is 73.7 Å². The van der Waals surface area contributed by atoms with Gasteiger partial charge in [-0.15, -0.1) is 0 Å². The Kier molecular flexibility index (Phi) is 5.19. The van der Waals surface area contributed by atoms with E-state index in [9.17, 15) is 9.59 Å². The molecule has 0 aliphatic carbocycles. The van der Waals surface area contributed by atoms with Crippen molar-refractivity contribution in [3.63, 3.8) is 0 Å². The van der Waals surface area contributed by atoms with Crippen LogP contribution in [0.2, 0.25) is 0 Å². The molecular formula is C13H24N4O3. The van der Waals surface area contributed by atoms with Crippen LogP contribution in [0.3, 0.4) is 0 Å². The molecule has 2 amide bonds. The molecule has 0 radical (unpaired) electrons. The van der Waals surface area contributed by atoms with Crippen molar-refractivity contribution in [3.05, 3.63) is 0 Å². The second-order valence-corrected chi connectivity index (χ2v) is 5.57. The largest absolute Gasteiger partial charge is 0.453 e. The maximum atomic E-state index is 12.2. The highest BCUT2D eigenvalue weighted by molar-refractivity contribution is 5.78. The van der Waals surface area contributed by atoms with Gasteiger partial charge in [0.15, 0.2) is 0 Å². The summed E-state index contributed by atoms with van der Waals surface area (Å²) in [6.07, 6.45) is 2.26. The number of nitrogens with one attached hydrogen (secondary N) is 1. The normalized spacial score (nSPS) is 24.7. The van der Waals surface area contributed by atoms with Gasteiger partial charge < -0.3 is 20.7 Å². The quantitative estimate of drug-likeness (QED) is 0.720. The molecule has 114 valence electrons. The summed E-state index contributed by atoms with van der Waals surface area (Å²) in [5.74, 6) is 0.134. The monoisotopic (exact) mass is 284 g/mol. The van der Waals surface area contributed by atoms with E-state index in [1.807, 2.05) is 4.90 Å². The lowest BCUT2D eigenvalue weighted by atomic mass is 10.1. The SMILES string of the molecule is COC(=O)NC1CCN(C(=O)CN2CCC(N)CC2)C1. The molecule has 2 aliphatic rings. The first kappa shape index (κ1) is 15.1. The molecule has 7 heteroatoms. The molecule has 0 aromatic carbocycles. The van der Waals surface area contributed by atoms with Crippen molar-refractivity contribution in [2.75, 3.05) is 39.8 Å². The molecule has 1 atom stereocenters. The van der Waals surface area contributed by atoms with Crippen LogP contribution in [0.1, 0.15) is 19.3 Å². The lowest BCUT2D eigenvalue weighted by molar-refractivity contribution is -0.131. The third-order valence-electron chi connectivity index (χ3n) is 4.04. The third-order valence-corrected chi connectivity index (χ3v) is 4.04. The Morgan fingerprint density at radius 2 is 1.95 bits per heavy atom. The van der Waals surface area contributed by atoms with E-state index in [4.69, 9.17) is 5.73 Å². The van der Waals surface area contributed by atoms with Gasteiger partial charge in [0.25, 0.3) is 0 Å². The van der Waals surface area contributed by atoms with E-state index < -0.39 is 6.09 Å². The van der Waals surface area contributed by atoms with Gasteiger partial charge in [0.2, 0.25) is 5.91 Å². The number of nitrogens with zero attached hydrogens (tertiary/aromatic N) is 2. The molecule has 2 heterocycles. The zero-order valence-corrected chi connectivity index (χ0v) is 12.0. The third kappa shape index (κ3) is 4.08. The summed E-state index contributed by atoms with van der Waals surface area (Å²) >= 11 is 0. The van der Waals surface area contributed by atoms with E-state index in [0.29, 0.717) is 19.6 Å². The van der Waals surface area contributed by atoms with Gasteiger partial charge in [0, 0.05) is 32.2 Å². The smallest absolute Gasteiger partial charge is 0.407 e. The Labute approximate surface area is 119 Å². The predicted octanol–water partition coefficient (Wildman–Crippen LogP) is -0.634. The minimum Gasteiger partial charge on any atom is -0.453 e. The van der Waals surface area contributed by atoms with Crippen LogP contribution in [-0.2, 0) is 9.53 Å². The fourth-order valence-corrected chi connectivity index (χ4v) is 2.73. The lowest BCUT2D eigenvalue weighted by Gasteiger charge is -2.30. The Bertz CT molecular complexity index is 356. The van der Waals surface area contributed by atoms with Crippen LogP contribution < -0.4 is 11.1 Å². The van der Waals surface area contributed by atoms with E-state index in [-0.39, 0.29) is 18.0 Å². The molecule has 2 fully saturated rings. The van der Waals surface area contributed by atoms with Gasteiger partial charge in [-0.1, -0.05) is 0 Å². The number of methoxy groups -OCH3 is 1. The van der Waals surface area contributed by atoms with E-state index >= 15 is 0 Å². The summed E-state index contributed by atoms with van der Waals surface area (Å²) in [7, 11) is 1.34. The van der Waals surface area contributed by atoms with Gasteiger partial charge in [0.1, 0.15) is 0 Å². The molecule has 0 aromatic heterocycles. The standard InChI is InChI=1S/C13H24N4O3/c1-20-13(19)15-11-4-7-17(8-11)12(18)9-16-5-2-10(14)3-6-16/h10-11H,2-9,14H2,1H3,(H,15,19). The summed E-state index contributed by atoms with van der Waals surface area (Å²) < 4.78 is 4.57. The van der Waals surface area contributed by atoms with Crippen molar-refractivity contribution in [2.45, 2.75) is 31.3 Å². The Morgan fingerprint density at radius 3 is 2.60 bits per heavy atom. The number of alkyl carbamates (subject to hydrolysis) is 1. The summed E-state index contributed by atoms with van der Waals surface area (Å²) in [6, 6.07) is 0.281. The number of hydrogen-bond donors (Lipinski definition) is 2. The minimum absolute atomic E-state index is 0.00109. The van der Waals surface area contributed by atoms with Crippen molar-refractivity contribution < 1.29 is 14.3 Å². The Hall–Kier alpha value is -1.34. The molecule has 3 N–H and O–H groups in total. The first-order chi connectivity index (χ1) is 9.58. The first-order valence-electron chi connectivity index (χ1n) is 7.18. The van der Waals surface area contributed by atoms with E-state index in [1.165, 1.54) is 7.11 Å². The van der Waals surface area contributed by atoms with Crippen LogP contribution in [0.4, 0.5) is 4.79 Å². The summed E-state index contributed by atoms with van der Waals surface area (Å²) in [6.45, 7) is 3.51. The fourth-order valence-electron chi connectivity index (χ4n) is 2.73. The van der Waals surface area contributed by atoms with Gasteiger partial charge in [0.05, 0.1) is 19.7 Å². The van der Waals surface area contributed by atoms with Crippen molar-refractivity contribution >= 4 is 12.0 Å². The van der Waals surface area contributed by atoms with Crippen LogP contribution in [0.5, 0.6) is 0 Å². The molecule has 0 aromatic rings. The number of amides is 2. The highest BCUT2D eigenvalue weighted by atomic mass is 16.5. The average Bonchev–Trinajstić information content (AvgIpc) is 2.89. The minimum atomic E-state index is -0.436. The molecule has 7 nitrogen and oxygen atoms in total. The average molecular weight is 284 g/mol. The van der Waals surface area contributed by atoms with Crippen LogP contribution >= 0.6 is 0 Å². The first-order valence-corrected chi connectivity index (χ1v) is 7.18. The Morgan fingerprint density at radius 1 is 1.25 bits per heavy atom. The van der Waals surface area contributed by atoms with Crippen molar-refractivity contribution in [1.29, 1.82) is 0 Å². The van der Waals surface area contributed by atoms with E-state index in [0.717, 1.165) is 32.4 Å². The zero-order chi connectivity index (χ0) is 14.5. The van der Waals surface area contributed by atoms with Crippen LogP contribution in [0.25, 0.3) is 0 Å². The molecule has 0 bridgehead atoms. The fraction of sp³-hybridized carbons (Fsp3) is 0.846. The predicted molar refractivity (Wildman–Crippen MR) is 74.2 cm³/mol. The molecule has 20 heavy (non-hydrogen) atoms. The molecular weight excluding hydrogens is 260 g/mol. The second-order valence-electron chi connectivity index (χ2n) is 5.57. The number of ether oxygens (including phenoxy) is 1. The van der Waals surface area contributed by atoms with Crippen LogP contribution in [0.15, 0.2) is 0 Å². The molecule has 2 rings (SSSR count). The van der Waals surface area contributed by atoms with Crippen molar-refractivity contribution in [1.82, 2.24) is 15.1 Å². The van der Waals surface area contributed by atoms with E-state index in [2.05, 4.69) is 15.0 Å². The van der Waals surface area contributed by atoms with Gasteiger partial charge in [-0.25, -0.2) is 4.79 Å². The maximum Gasteiger partial charge on any atom is 0.407 e. The van der Waals surface area contributed by atoms with Crippen molar-refractivity contribution in [2.24, 2.45) is 5.73 Å². The van der Waals surface area contributed by atoms with Gasteiger partial charge in [-0.2, -0.15) is 0 Å². The number of hydrogen-bond acceptors (Lipinski definition) is 5. The van der Waals surface area contributed by atoms with Gasteiger partial charge in [-0.05, 0) is 19.3 Å². The lowest BCUT2D eigenvalue weighted by Crippen LogP contribution is -2.46. The number of piperidine rings is 1. The second kappa shape index (κ2) is 6.90. The summed E-state index contributed by atoms with van der Waals surface area (Å²) in [5.41, 5.74) is 5.85. The molecule has 0 saturated carbocycles. The van der Waals surface area contributed by atoms with Gasteiger partial charge >= 0.3 is 6.09 Å². The molecule has 2 saturated heterocycles. The Balaban J connectivity index is 1.72. The summed E-state index contributed by atoms with van der Waals surface area (Å²) in [5, 5.41) is 2.74. The highest BCUT2D eigenvalue weighted by Gasteiger charge is 2.29. The van der Waals surface area contributed by atoms with Crippen molar-refractivity contribution in [3.8, 4) is 0 Å². The zero-order valence-electron chi connectivity index (χ0n) is 12.0. The summed E-state index contributed by atoms with van der Waals surface area (Å²) in [4.78, 5) is 27.3. The molecule has 0 spiro atoms. The maximum absolute atomic E-state index is 12.2. The number of rotatable bonds is 3. The van der Waals surface area contributed by atoms with Crippen LogP contribution in [0, 0.1) is 0 Å².